The SMILES string of the molecule is Cc1ccc(N(C)[C@H](C)c2nc3ccccc3n2C)cc1. The van der Waals surface area contributed by atoms with Gasteiger partial charge in [-0.3, -0.25) is 0 Å². The highest BCUT2D eigenvalue weighted by molar-refractivity contribution is 5.76. The van der Waals surface area contributed by atoms with Gasteiger partial charge in [-0.05, 0) is 38.1 Å². The van der Waals surface area contributed by atoms with Crippen LogP contribution in [0.15, 0.2) is 48.5 Å². The Labute approximate surface area is 125 Å². The lowest BCUT2D eigenvalue weighted by Crippen LogP contribution is -2.24. The van der Waals surface area contributed by atoms with Crippen LogP contribution in [0.25, 0.3) is 11.0 Å². The minimum atomic E-state index is 0.213. The van der Waals surface area contributed by atoms with Crippen LogP contribution in [0.1, 0.15) is 24.4 Å². The normalized spacial score (nSPS) is 12.6. The zero-order valence-electron chi connectivity index (χ0n) is 13.0. The van der Waals surface area contributed by atoms with Gasteiger partial charge in [0.2, 0.25) is 0 Å². The number of fused-ring (bicyclic) bond motifs is 1. The Balaban J connectivity index is 1.97. The number of para-hydroxylation sites is 2. The van der Waals surface area contributed by atoms with Gasteiger partial charge in [0, 0.05) is 19.8 Å². The van der Waals surface area contributed by atoms with Crippen LogP contribution in [0.5, 0.6) is 0 Å². The van der Waals surface area contributed by atoms with Crippen LogP contribution in [0.2, 0.25) is 0 Å². The fraction of sp³-hybridized carbons (Fsp3) is 0.278. The molecule has 0 fully saturated rings. The van der Waals surface area contributed by atoms with Gasteiger partial charge in [0.25, 0.3) is 0 Å². The summed E-state index contributed by atoms with van der Waals surface area (Å²) in [6.07, 6.45) is 0. The van der Waals surface area contributed by atoms with E-state index in [-0.39, 0.29) is 6.04 Å². The van der Waals surface area contributed by atoms with Gasteiger partial charge < -0.3 is 9.47 Å². The fourth-order valence-electron chi connectivity index (χ4n) is 2.71. The van der Waals surface area contributed by atoms with E-state index in [1.807, 2.05) is 6.07 Å². The molecule has 0 saturated heterocycles. The van der Waals surface area contributed by atoms with E-state index in [9.17, 15) is 0 Å². The third kappa shape index (κ3) is 2.40. The molecule has 3 rings (SSSR count). The molecule has 0 aliphatic heterocycles. The summed E-state index contributed by atoms with van der Waals surface area (Å²) in [5, 5.41) is 0. The number of aryl methyl sites for hydroxylation is 2. The van der Waals surface area contributed by atoms with Crippen LogP contribution in [0.4, 0.5) is 5.69 Å². The molecule has 2 aromatic carbocycles. The first kappa shape index (κ1) is 13.7. The molecule has 21 heavy (non-hydrogen) atoms. The van der Waals surface area contributed by atoms with Crippen molar-refractivity contribution >= 4 is 16.7 Å². The maximum absolute atomic E-state index is 4.80. The van der Waals surface area contributed by atoms with E-state index >= 15 is 0 Å². The Morgan fingerprint density at radius 3 is 2.38 bits per heavy atom. The molecule has 0 saturated carbocycles. The molecule has 0 aliphatic rings. The molecule has 0 bridgehead atoms. The minimum absolute atomic E-state index is 0.213. The van der Waals surface area contributed by atoms with Crippen LogP contribution < -0.4 is 4.90 Å². The van der Waals surface area contributed by atoms with Crippen molar-refractivity contribution in [3.63, 3.8) is 0 Å². The Hall–Kier alpha value is -2.29. The second kappa shape index (κ2) is 5.24. The summed E-state index contributed by atoms with van der Waals surface area (Å²) in [7, 11) is 4.21. The Morgan fingerprint density at radius 1 is 1.05 bits per heavy atom. The monoisotopic (exact) mass is 279 g/mol. The van der Waals surface area contributed by atoms with Crippen LogP contribution in [0, 0.1) is 6.92 Å². The van der Waals surface area contributed by atoms with Crippen LogP contribution >= 0.6 is 0 Å². The van der Waals surface area contributed by atoms with Crippen LogP contribution in [-0.4, -0.2) is 16.6 Å². The van der Waals surface area contributed by atoms with Gasteiger partial charge in [-0.15, -0.1) is 0 Å². The molecule has 3 nitrogen and oxygen atoms in total. The highest BCUT2D eigenvalue weighted by Crippen LogP contribution is 2.27. The summed E-state index contributed by atoms with van der Waals surface area (Å²) in [6.45, 7) is 4.31. The quantitative estimate of drug-likeness (QED) is 0.720. The third-order valence-corrected chi connectivity index (χ3v) is 4.22. The van der Waals surface area contributed by atoms with Gasteiger partial charge in [0.05, 0.1) is 17.1 Å². The maximum atomic E-state index is 4.80. The average molecular weight is 279 g/mol. The molecule has 3 heteroatoms. The van der Waals surface area contributed by atoms with Crippen molar-refractivity contribution in [3.8, 4) is 0 Å². The molecule has 108 valence electrons. The molecule has 1 atom stereocenters. The van der Waals surface area contributed by atoms with Gasteiger partial charge in [-0.1, -0.05) is 29.8 Å². The molecule has 0 spiro atoms. The van der Waals surface area contributed by atoms with Gasteiger partial charge in [0.15, 0.2) is 0 Å². The zero-order chi connectivity index (χ0) is 15.0. The van der Waals surface area contributed by atoms with Crippen molar-refractivity contribution in [2.75, 3.05) is 11.9 Å². The Bertz CT molecular complexity index is 756. The van der Waals surface area contributed by atoms with Crippen LogP contribution in [0.3, 0.4) is 0 Å². The molecule has 1 aromatic heterocycles. The highest BCUT2D eigenvalue weighted by atomic mass is 15.2. The number of nitrogens with zero attached hydrogens (tertiary/aromatic N) is 3. The molecule has 1 heterocycles. The van der Waals surface area contributed by atoms with Crippen molar-refractivity contribution in [2.24, 2.45) is 7.05 Å². The molecule has 0 radical (unpaired) electrons. The van der Waals surface area contributed by atoms with Gasteiger partial charge >= 0.3 is 0 Å². The summed E-state index contributed by atoms with van der Waals surface area (Å²) in [6, 6.07) is 17.1. The number of aromatic nitrogens is 2. The molecule has 0 aliphatic carbocycles. The second-order valence-corrected chi connectivity index (χ2v) is 5.64. The molecule has 0 N–H and O–H groups in total. The Morgan fingerprint density at radius 2 is 1.71 bits per heavy atom. The predicted molar refractivity (Wildman–Crippen MR) is 88.7 cm³/mol. The lowest BCUT2D eigenvalue weighted by molar-refractivity contribution is 0.654. The van der Waals surface area contributed by atoms with E-state index in [0.717, 1.165) is 11.3 Å². The first-order valence-corrected chi connectivity index (χ1v) is 7.29. The summed E-state index contributed by atoms with van der Waals surface area (Å²) in [5.74, 6) is 1.08. The number of anilines is 1. The first-order valence-electron chi connectivity index (χ1n) is 7.29. The fourth-order valence-corrected chi connectivity index (χ4v) is 2.71. The highest BCUT2D eigenvalue weighted by Gasteiger charge is 2.18. The third-order valence-electron chi connectivity index (χ3n) is 4.22. The first-order chi connectivity index (χ1) is 10.1. The molecule has 0 unspecified atom stereocenters. The van der Waals surface area contributed by atoms with E-state index in [1.54, 1.807) is 0 Å². The van der Waals surface area contributed by atoms with E-state index < -0.39 is 0 Å². The summed E-state index contributed by atoms with van der Waals surface area (Å²) in [5.41, 5.74) is 4.72. The summed E-state index contributed by atoms with van der Waals surface area (Å²) >= 11 is 0. The Kier molecular flexibility index (Phi) is 3.42. The van der Waals surface area contributed by atoms with E-state index in [4.69, 9.17) is 4.98 Å². The van der Waals surface area contributed by atoms with Crippen molar-refractivity contribution in [1.29, 1.82) is 0 Å². The lowest BCUT2D eigenvalue weighted by atomic mass is 10.2. The summed E-state index contributed by atoms with van der Waals surface area (Å²) in [4.78, 5) is 7.06. The number of benzene rings is 2. The topological polar surface area (TPSA) is 21.1 Å². The predicted octanol–water partition coefficient (Wildman–Crippen LogP) is 4.08. The van der Waals surface area contributed by atoms with E-state index in [2.05, 4.69) is 79.9 Å². The van der Waals surface area contributed by atoms with Gasteiger partial charge in [0.1, 0.15) is 5.82 Å². The number of imidazole rings is 1. The number of rotatable bonds is 3. The van der Waals surface area contributed by atoms with Gasteiger partial charge in [-0.2, -0.15) is 0 Å². The lowest BCUT2D eigenvalue weighted by Gasteiger charge is -2.26. The molecular weight excluding hydrogens is 258 g/mol. The second-order valence-electron chi connectivity index (χ2n) is 5.64. The average Bonchev–Trinajstić information content (AvgIpc) is 2.84. The van der Waals surface area contributed by atoms with Crippen molar-refractivity contribution < 1.29 is 0 Å². The van der Waals surface area contributed by atoms with E-state index in [0.29, 0.717) is 0 Å². The van der Waals surface area contributed by atoms with Crippen molar-refractivity contribution in [3.05, 3.63) is 59.9 Å². The summed E-state index contributed by atoms with van der Waals surface area (Å²) < 4.78 is 2.19. The standard InChI is InChI=1S/C18H21N3/c1-13-9-11-15(12-10-13)20(3)14(2)18-19-16-7-5-6-8-17(16)21(18)4/h5-12,14H,1-4H3/t14-/m1/s1. The van der Waals surface area contributed by atoms with Crippen LogP contribution in [-0.2, 0) is 7.05 Å². The largest absolute Gasteiger partial charge is 0.365 e. The van der Waals surface area contributed by atoms with Gasteiger partial charge in [-0.25, -0.2) is 4.98 Å². The van der Waals surface area contributed by atoms with Crippen molar-refractivity contribution in [1.82, 2.24) is 9.55 Å². The number of hydrogen-bond donors (Lipinski definition) is 0. The minimum Gasteiger partial charge on any atom is -0.365 e. The van der Waals surface area contributed by atoms with Crippen molar-refractivity contribution in [2.45, 2.75) is 19.9 Å². The molecule has 3 aromatic rings. The molecule has 0 amide bonds. The number of hydrogen-bond acceptors (Lipinski definition) is 2. The zero-order valence-corrected chi connectivity index (χ0v) is 13.0. The smallest absolute Gasteiger partial charge is 0.132 e. The molecular formula is C18H21N3. The van der Waals surface area contributed by atoms with E-state index in [1.165, 1.54) is 16.8 Å². The maximum Gasteiger partial charge on any atom is 0.132 e.